The summed E-state index contributed by atoms with van der Waals surface area (Å²) in [6.45, 7) is 5.61. The molecule has 2 aliphatic heterocycles. The Labute approximate surface area is 172 Å². The van der Waals surface area contributed by atoms with Crippen LogP contribution in [0.3, 0.4) is 0 Å². The van der Waals surface area contributed by atoms with Gasteiger partial charge in [-0.05, 0) is 64.7 Å². The molecule has 8 nitrogen and oxygen atoms in total. The molecule has 0 bridgehead atoms. The Morgan fingerprint density at radius 1 is 1.24 bits per heavy atom. The summed E-state index contributed by atoms with van der Waals surface area (Å²) in [7, 11) is -3.60. The number of piperidine rings is 1. The second-order valence-electron chi connectivity index (χ2n) is 8.80. The van der Waals surface area contributed by atoms with Gasteiger partial charge in [0.1, 0.15) is 10.6 Å². The van der Waals surface area contributed by atoms with Gasteiger partial charge in [0, 0.05) is 32.2 Å². The van der Waals surface area contributed by atoms with Crippen molar-refractivity contribution >= 4 is 15.9 Å². The number of aromatic nitrogens is 1. The van der Waals surface area contributed by atoms with Gasteiger partial charge in [0.05, 0.1) is 5.60 Å². The van der Waals surface area contributed by atoms with Crippen molar-refractivity contribution in [1.29, 1.82) is 0 Å². The number of sulfonamides is 1. The van der Waals surface area contributed by atoms with Crippen molar-refractivity contribution in [3.05, 3.63) is 11.5 Å². The zero-order valence-corrected chi connectivity index (χ0v) is 18.1. The maximum Gasteiger partial charge on any atom is 0.248 e. The van der Waals surface area contributed by atoms with Crippen molar-refractivity contribution in [3.8, 4) is 0 Å². The van der Waals surface area contributed by atoms with Crippen LogP contribution in [0.2, 0.25) is 0 Å². The summed E-state index contributed by atoms with van der Waals surface area (Å²) < 4.78 is 38.8. The number of rotatable bonds is 6. The minimum absolute atomic E-state index is 0.197. The molecule has 29 heavy (non-hydrogen) atoms. The van der Waals surface area contributed by atoms with Crippen molar-refractivity contribution in [2.24, 2.45) is 11.8 Å². The number of hydrogen-bond donors (Lipinski definition) is 1. The minimum Gasteiger partial charge on any atom is -0.375 e. The molecule has 1 aromatic heterocycles. The Morgan fingerprint density at radius 3 is 2.59 bits per heavy atom. The summed E-state index contributed by atoms with van der Waals surface area (Å²) in [6.07, 6.45) is 6.35. The van der Waals surface area contributed by atoms with E-state index in [9.17, 15) is 13.2 Å². The van der Waals surface area contributed by atoms with Crippen LogP contribution in [0.4, 0.5) is 0 Å². The van der Waals surface area contributed by atoms with E-state index in [1.54, 1.807) is 13.8 Å². The first-order chi connectivity index (χ1) is 13.8. The lowest BCUT2D eigenvalue weighted by atomic mass is 9.79. The number of aryl methyl sites for hydroxylation is 2. The number of carbonyl (C=O) groups excluding carboxylic acids is 1. The smallest absolute Gasteiger partial charge is 0.248 e. The molecule has 1 saturated carbocycles. The van der Waals surface area contributed by atoms with E-state index in [-0.39, 0.29) is 22.3 Å². The predicted molar refractivity (Wildman–Crippen MR) is 106 cm³/mol. The Balaban J connectivity index is 1.32. The van der Waals surface area contributed by atoms with Crippen LogP contribution in [-0.4, -0.2) is 55.6 Å². The highest BCUT2D eigenvalue weighted by atomic mass is 32.2. The van der Waals surface area contributed by atoms with E-state index in [1.807, 2.05) is 0 Å². The Kier molecular flexibility index (Phi) is 5.74. The summed E-state index contributed by atoms with van der Waals surface area (Å²) in [5, 5.41) is 6.84. The highest BCUT2D eigenvalue weighted by Gasteiger charge is 2.43. The molecule has 0 aromatic carbocycles. The normalized spacial score (nSPS) is 25.2. The first kappa shape index (κ1) is 20.8. The van der Waals surface area contributed by atoms with Gasteiger partial charge < -0.3 is 14.6 Å². The topological polar surface area (TPSA) is 102 Å². The van der Waals surface area contributed by atoms with Crippen LogP contribution in [0.5, 0.6) is 0 Å². The molecule has 162 valence electrons. The van der Waals surface area contributed by atoms with Gasteiger partial charge in [0.15, 0.2) is 5.76 Å². The third kappa shape index (κ3) is 4.36. The van der Waals surface area contributed by atoms with Crippen molar-refractivity contribution in [3.63, 3.8) is 0 Å². The molecule has 3 heterocycles. The van der Waals surface area contributed by atoms with E-state index in [1.165, 1.54) is 4.31 Å². The van der Waals surface area contributed by atoms with Crippen LogP contribution in [0.15, 0.2) is 9.42 Å². The molecule has 2 saturated heterocycles. The third-order valence-corrected chi connectivity index (χ3v) is 8.74. The van der Waals surface area contributed by atoms with E-state index in [0.717, 1.165) is 38.6 Å². The van der Waals surface area contributed by atoms with E-state index in [0.29, 0.717) is 49.9 Å². The molecule has 9 heteroatoms. The van der Waals surface area contributed by atoms with Crippen LogP contribution in [0, 0.1) is 25.7 Å². The summed E-state index contributed by atoms with van der Waals surface area (Å²) in [5.74, 6) is 1.30. The molecule has 1 aromatic rings. The van der Waals surface area contributed by atoms with E-state index in [4.69, 9.17) is 9.26 Å². The van der Waals surface area contributed by atoms with Gasteiger partial charge in [-0.3, -0.25) is 4.79 Å². The maximum absolute atomic E-state index is 13.0. The monoisotopic (exact) mass is 425 g/mol. The fourth-order valence-corrected chi connectivity index (χ4v) is 6.45. The predicted octanol–water partition coefficient (Wildman–Crippen LogP) is 2.16. The SMILES string of the molecule is Cc1noc(C)c1S(=O)(=O)N1CCC2(CC1)CC(CCNC(=O)C1CC1)CCO2. The van der Waals surface area contributed by atoms with Gasteiger partial charge in [-0.25, -0.2) is 8.42 Å². The first-order valence-corrected chi connectivity index (χ1v) is 12.1. The highest BCUT2D eigenvalue weighted by molar-refractivity contribution is 7.89. The molecule has 4 rings (SSSR count). The molecule has 1 amide bonds. The van der Waals surface area contributed by atoms with Gasteiger partial charge in [0.2, 0.25) is 15.9 Å². The second-order valence-corrected chi connectivity index (χ2v) is 10.7. The fraction of sp³-hybridized carbons (Fsp3) is 0.800. The third-order valence-electron chi connectivity index (χ3n) is 6.59. The lowest BCUT2D eigenvalue weighted by Crippen LogP contribution is -2.51. The summed E-state index contributed by atoms with van der Waals surface area (Å²) in [5.41, 5.74) is 0.166. The van der Waals surface area contributed by atoms with E-state index < -0.39 is 10.0 Å². The van der Waals surface area contributed by atoms with Gasteiger partial charge in [-0.1, -0.05) is 5.16 Å². The average Bonchev–Trinajstić information content (AvgIpc) is 3.47. The molecule has 3 fully saturated rings. The lowest BCUT2D eigenvalue weighted by Gasteiger charge is -2.46. The Morgan fingerprint density at radius 2 is 1.97 bits per heavy atom. The minimum atomic E-state index is -3.60. The number of amides is 1. The molecule has 0 radical (unpaired) electrons. The van der Waals surface area contributed by atoms with Crippen LogP contribution in [0.25, 0.3) is 0 Å². The van der Waals surface area contributed by atoms with Crippen LogP contribution in [0.1, 0.15) is 56.4 Å². The Hall–Kier alpha value is -1.45. The van der Waals surface area contributed by atoms with Gasteiger partial charge >= 0.3 is 0 Å². The zero-order chi connectivity index (χ0) is 20.6. The number of nitrogens with one attached hydrogen (secondary N) is 1. The van der Waals surface area contributed by atoms with Gasteiger partial charge in [0.25, 0.3) is 0 Å². The van der Waals surface area contributed by atoms with E-state index in [2.05, 4.69) is 10.5 Å². The summed E-state index contributed by atoms with van der Waals surface area (Å²) in [4.78, 5) is 12.0. The van der Waals surface area contributed by atoms with Crippen molar-refractivity contribution in [2.75, 3.05) is 26.2 Å². The van der Waals surface area contributed by atoms with Gasteiger partial charge in [-0.2, -0.15) is 4.31 Å². The number of nitrogens with zero attached hydrogens (tertiary/aromatic N) is 2. The second kappa shape index (κ2) is 8.00. The molecule has 1 aliphatic carbocycles. The molecule has 1 atom stereocenters. The average molecular weight is 426 g/mol. The van der Waals surface area contributed by atoms with Crippen LogP contribution >= 0.6 is 0 Å². The van der Waals surface area contributed by atoms with Crippen molar-refractivity contribution in [1.82, 2.24) is 14.8 Å². The first-order valence-electron chi connectivity index (χ1n) is 10.7. The standard InChI is InChI=1S/C20H31N3O5S/c1-14-18(15(2)28-22-14)29(25,26)23-10-7-20(8-11-23)13-16(6-12-27-20)5-9-21-19(24)17-3-4-17/h16-17H,3-13H2,1-2H3,(H,21,24). The molecule has 1 unspecified atom stereocenters. The van der Waals surface area contributed by atoms with Crippen LogP contribution in [-0.2, 0) is 19.6 Å². The lowest BCUT2D eigenvalue weighted by molar-refractivity contribution is -0.124. The molecule has 1 N–H and O–H groups in total. The molecule has 1 spiro atoms. The number of carbonyl (C=O) groups is 1. The van der Waals surface area contributed by atoms with Crippen LogP contribution < -0.4 is 5.32 Å². The number of ether oxygens (including phenoxy) is 1. The summed E-state index contributed by atoms with van der Waals surface area (Å²) >= 11 is 0. The van der Waals surface area contributed by atoms with Crippen molar-refractivity contribution in [2.45, 2.75) is 69.3 Å². The maximum atomic E-state index is 13.0. The molecular formula is C20H31N3O5S. The quantitative estimate of drug-likeness (QED) is 0.749. The summed E-state index contributed by atoms with van der Waals surface area (Å²) in [6, 6.07) is 0. The highest BCUT2D eigenvalue weighted by Crippen LogP contribution is 2.40. The largest absolute Gasteiger partial charge is 0.375 e. The molecular weight excluding hydrogens is 394 g/mol. The van der Waals surface area contributed by atoms with Gasteiger partial charge in [-0.15, -0.1) is 0 Å². The van der Waals surface area contributed by atoms with E-state index >= 15 is 0 Å². The zero-order valence-electron chi connectivity index (χ0n) is 17.3. The Bertz CT molecular complexity index is 834. The fourth-order valence-electron chi connectivity index (χ4n) is 4.72. The van der Waals surface area contributed by atoms with Crippen molar-refractivity contribution < 1.29 is 22.5 Å². The molecule has 3 aliphatic rings. The number of hydrogen-bond acceptors (Lipinski definition) is 6.